The lowest BCUT2D eigenvalue weighted by atomic mass is 10.1. The van der Waals surface area contributed by atoms with Crippen molar-refractivity contribution in [2.45, 2.75) is 37.9 Å². The number of hydrogen-bond donors (Lipinski definition) is 0. The van der Waals surface area contributed by atoms with Crippen LogP contribution in [0.1, 0.15) is 32.6 Å². The van der Waals surface area contributed by atoms with E-state index < -0.39 is 15.1 Å². The first kappa shape index (κ1) is 12.4. The summed E-state index contributed by atoms with van der Waals surface area (Å²) in [5.41, 5.74) is 0. The molecule has 0 spiro atoms. The maximum absolute atomic E-state index is 11.3. The van der Waals surface area contributed by atoms with E-state index in [2.05, 4.69) is 20.1 Å². The minimum atomic E-state index is -3.14. The number of unbranched alkanes of at least 4 members (excludes halogenated alkanes) is 2. The predicted molar refractivity (Wildman–Crippen MR) is 57.2 cm³/mol. The Hall–Kier alpha value is -0.570. The molecular weight excluding hydrogens is 184 g/mol. The van der Waals surface area contributed by atoms with E-state index in [0.29, 0.717) is 6.42 Å². The van der Waals surface area contributed by atoms with Crippen LogP contribution < -0.4 is 0 Å². The largest absolute Gasteiger partial charge is 0.224 e. The molecular formula is C10H18O2S. The Bertz CT molecular complexity index is 252. The van der Waals surface area contributed by atoms with Gasteiger partial charge >= 0.3 is 0 Å². The molecule has 0 aromatic rings. The van der Waals surface area contributed by atoms with Crippen LogP contribution in [0.2, 0.25) is 0 Å². The van der Waals surface area contributed by atoms with Crippen molar-refractivity contribution in [3.05, 3.63) is 24.6 Å². The van der Waals surface area contributed by atoms with Crippen LogP contribution in [-0.2, 0) is 9.84 Å². The van der Waals surface area contributed by atoms with E-state index >= 15 is 0 Å². The second kappa shape index (κ2) is 5.97. The molecule has 1 unspecified atom stereocenters. The Morgan fingerprint density at radius 2 is 1.92 bits per heavy atom. The molecule has 0 fully saturated rings. The monoisotopic (exact) mass is 202 g/mol. The summed E-state index contributed by atoms with van der Waals surface area (Å²) in [4.78, 5) is 0. The van der Waals surface area contributed by atoms with Gasteiger partial charge in [-0.2, -0.15) is 0 Å². The summed E-state index contributed by atoms with van der Waals surface area (Å²) < 4.78 is 22.7. The maximum Gasteiger partial charge on any atom is 0.177 e. The highest BCUT2D eigenvalue weighted by Gasteiger charge is 2.17. The molecule has 76 valence electrons. The fraction of sp³-hybridized carbons (Fsp3) is 0.600. The highest BCUT2D eigenvalue weighted by atomic mass is 32.2. The van der Waals surface area contributed by atoms with E-state index in [1.54, 1.807) is 0 Å². The van der Waals surface area contributed by atoms with Crippen LogP contribution in [0.5, 0.6) is 0 Å². The van der Waals surface area contributed by atoms with Gasteiger partial charge in [0.2, 0.25) is 0 Å². The van der Waals surface area contributed by atoms with Gasteiger partial charge in [0, 0.05) is 5.41 Å². The summed E-state index contributed by atoms with van der Waals surface area (Å²) >= 11 is 0. The van der Waals surface area contributed by atoms with Gasteiger partial charge in [0.05, 0.1) is 5.25 Å². The zero-order chi connectivity index (χ0) is 10.3. The summed E-state index contributed by atoms with van der Waals surface area (Å²) in [5.74, 6) is 0. The lowest BCUT2D eigenvalue weighted by Gasteiger charge is -2.09. The molecule has 0 N–H and O–H groups in total. The fourth-order valence-electron chi connectivity index (χ4n) is 1.14. The number of sulfone groups is 1. The van der Waals surface area contributed by atoms with Crippen LogP contribution in [-0.4, -0.2) is 13.7 Å². The predicted octanol–water partition coefficient (Wildman–Crippen LogP) is 2.68. The van der Waals surface area contributed by atoms with Gasteiger partial charge in [0.1, 0.15) is 0 Å². The highest BCUT2D eigenvalue weighted by Crippen LogP contribution is 2.13. The first-order valence-electron chi connectivity index (χ1n) is 4.57. The zero-order valence-corrected chi connectivity index (χ0v) is 9.02. The Labute approximate surface area is 81.3 Å². The average molecular weight is 202 g/mol. The van der Waals surface area contributed by atoms with Gasteiger partial charge in [-0.05, 0) is 6.42 Å². The molecule has 0 bridgehead atoms. The highest BCUT2D eigenvalue weighted by molar-refractivity contribution is 7.95. The number of rotatable bonds is 7. The molecule has 0 aliphatic carbocycles. The summed E-state index contributed by atoms with van der Waals surface area (Å²) in [6.07, 6.45) is 5.24. The summed E-state index contributed by atoms with van der Waals surface area (Å²) in [7, 11) is -3.14. The Kier molecular flexibility index (Phi) is 5.71. The minimum Gasteiger partial charge on any atom is -0.224 e. The third-order valence-corrected chi connectivity index (χ3v) is 3.75. The van der Waals surface area contributed by atoms with Gasteiger partial charge in [-0.3, -0.25) is 0 Å². The van der Waals surface area contributed by atoms with E-state index in [1.165, 1.54) is 6.08 Å². The SMILES string of the molecule is C=CC(CCCCC)S(=O)(=O)C=C. The topological polar surface area (TPSA) is 34.1 Å². The van der Waals surface area contributed by atoms with Crippen LogP contribution in [0.3, 0.4) is 0 Å². The van der Waals surface area contributed by atoms with Gasteiger partial charge in [0.15, 0.2) is 9.84 Å². The molecule has 0 radical (unpaired) electrons. The summed E-state index contributed by atoms with van der Waals surface area (Å²) in [5, 5.41) is 0.572. The molecule has 0 saturated carbocycles. The first-order chi connectivity index (χ1) is 6.08. The van der Waals surface area contributed by atoms with Crippen molar-refractivity contribution in [1.29, 1.82) is 0 Å². The fourth-order valence-corrected chi connectivity index (χ4v) is 2.15. The van der Waals surface area contributed by atoms with Crippen LogP contribution in [0.4, 0.5) is 0 Å². The maximum atomic E-state index is 11.3. The molecule has 13 heavy (non-hydrogen) atoms. The van der Waals surface area contributed by atoms with Gasteiger partial charge in [-0.25, -0.2) is 8.42 Å². The van der Waals surface area contributed by atoms with Gasteiger partial charge < -0.3 is 0 Å². The molecule has 0 rings (SSSR count). The van der Waals surface area contributed by atoms with Crippen LogP contribution in [0, 0.1) is 0 Å². The molecule has 1 atom stereocenters. The van der Waals surface area contributed by atoms with Crippen molar-refractivity contribution in [3.8, 4) is 0 Å². The van der Waals surface area contributed by atoms with E-state index in [1.807, 2.05) is 0 Å². The van der Waals surface area contributed by atoms with Crippen LogP contribution >= 0.6 is 0 Å². The number of hydrogen-bond acceptors (Lipinski definition) is 2. The Balaban J connectivity index is 4.19. The molecule has 3 heteroatoms. The lowest BCUT2D eigenvalue weighted by Crippen LogP contribution is -2.15. The summed E-state index contributed by atoms with van der Waals surface area (Å²) in [6.45, 7) is 8.91. The van der Waals surface area contributed by atoms with Crippen molar-refractivity contribution in [1.82, 2.24) is 0 Å². The van der Waals surface area contributed by atoms with E-state index in [-0.39, 0.29) is 0 Å². The average Bonchev–Trinajstić information content (AvgIpc) is 2.12. The molecule has 0 aromatic carbocycles. The molecule has 0 aromatic heterocycles. The van der Waals surface area contributed by atoms with Crippen LogP contribution in [0.25, 0.3) is 0 Å². The van der Waals surface area contributed by atoms with Crippen molar-refractivity contribution >= 4 is 9.84 Å². The second-order valence-corrected chi connectivity index (χ2v) is 5.14. The quantitative estimate of drug-likeness (QED) is 0.470. The zero-order valence-electron chi connectivity index (χ0n) is 8.20. The summed E-state index contributed by atoms with van der Waals surface area (Å²) in [6, 6.07) is 0. The van der Waals surface area contributed by atoms with Gasteiger partial charge in [-0.15, -0.1) is 6.58 Å². The molecule has 0 amide bonds. The normalized spacial score (nSPS) is 13.6. The molecule has 0 aliphatic heterocycles. The molecule has 0 saturated heterocycles. The van der Waals surface area contributed by atoms with Gasteiger partial charge in [-0.1, -0.05) is 38.8 Å². The van der Waals surface area contributed by atoms with Crippen molar-refractivity contribution in [3.63, 3.8) is 0 Å². The Morgan fingerprint density at radius 1 is 1.31 bits per heavy atom. The van der Waals surface area contributed by atoms with Crippen LogP contribution in [0.15, 0.2) is 24.6 Å². The molecule has 0 aliphatic rings. The third-order valence-electron chi connectivity index (χ3n) is 2.01. The first-order valence-corrected chi connectivity index (χ1v) is 6.18. The van der Waals surface area contributed by atoms with Crippen molar-refractivity contribution < 1.29 is 8.42 Å². The van der Waals surface area contributed by atoms with E-state index in [9.17, 15) is 8.42 Å². The standard InChI is InChI=1S/C10H18O2S/c1-4-7-8-9-10(5-2)13(11,12)6-3/h5-6,10H,2-4,7-9H2,1H3. The lowest BCUT2D eigenvalue weighted by molar-refractivity contribution is 0.584. The van der Waals surface area contributed by atoms with E-state index in [4.69, 9.17) is 0 Å². The van der Waals surface area contributed by atoms with Crippen molar-refractivity contribution in [2.24, 2.45) is 0 Å². The molecule has 2 nitrogen and oxygen atoms in total. The van der Waals surface area contributed by atoms with Gasteiger partial charge in [0.25, 0.3) is 0 Å². The third kappa shape index (κ3) is 4.27. The molecule has 0 heterocycles. The second-order valence-electron chi connectivity index (χ2n) is 3.03. The minimum absolute atomic E-state index is 0.448. The van der Waals surface area contributed by atoms with Crippen molar-refractivity contribution in [2.75, 3.05) is 0 Å². The van der Waals surface area contributed by atoms with E-state index in [0.717, 1.165) is 24.7 Å². The Morgan fingerprint density at radius 3 is 2.31 bits per heavy atom. The smallest absolute Gasteiger partial charge is 0.177 e.